The van der Waals surface area contributed by atoms with Crippen LogP contribution in [0.1, 0.15) is 278 Å². The second-order valence-electron chi connectivity index (χ2n) is 43.3. The van der Waals surface area contributed by atoms with Gasteiger partial charge in [-0.1, -0.05) is 223 Å². The number of amides is 9. The van der Waals surface area contributed by atoms with Gasteiger partial charge in [0.2, 0.25) is 29.5 Å². The largest absolute Gasteiger partial charge is 0.491 e. The molecular formula is C114H147Cl2N11O12S. The minimum atomic E-state index is -0.873. The van der Waals surface area contributed by atoms with Crippen LogP contribution in [0.4, 0.5) is 4.79 Å². The van der Waals surface area contributed by atoms with Crippen molar-refractivity contribution < 1.29 is 57.7 Å². The molecule has 11 atom stereocenters. The van der Waals surface area contributed by atoms with Crippen LogP contribution in [0.3, 0.4) is 0 Å². The number of benzene rings is 7. The third-order valence-corrected chi connectivity index (χ3v) is 29.9. The molecule has 0 radical (unpaired) electrons. The fraction of sp³-hybridized carbons (Fsp3) is 0.491. The van der Waals surface area contributed by atoms with E-state index in [0.29, 0.717) is 91.5 Å². The molecule has 3 fully saturated rings. The first-order chi connectivity index (χ1) is 65.9. The maximum Gasteiger partial charge on any atom is 0.326 e. The average molecular weight is 1970 g/mol. The molecule has 140 heavy (non-hydrogen) atoms. The number of hydrogen-bond donors (Lipinski definition) is 6. The number of allylic oxidation sites excluding steroid dienone is 1. The normalized spacial score (nSPS) is 21.5. The molecule has 0 bridgehead atoms. The molecule has 2 aliphatic carbocycles. The number of thiophene rings is 1. The van der Waals surface area contributed by atoms with E-state index in [0.717, 1.165) is 87.5 Å². The van der Waals surface area contributed by atoms with Gasteiger partial charge in [0, 0.05) is 95.8 Å². The number of fused-ring (bicyclic) bond motifs is 3. The van der Waals surface area contributed by atoms with Crippen molar-refractivity contribution in [2.75, 3.05) is 26.2 Å². The molecule has 1 aromatic heterocycles. The van der Waals surface area contributed by atoms with E-state index in [9.17, 15) is 48.3 Å². The minimum Gasteiger partial charge on any atom is -0.491 e. The number of halogens is 2. The van der Waals surface area contributed by atoms with E-state index in [1.54, 1.807) is 34.4 Å². The Morgan fingerprint density at radius 1 is 0.657 bits per heavy atom. The number of rotatable bonds is 23. The van der Waals surface area contributed by atoms with Gasteiger partial charge in [-0.2, -0.15) is 0 Å². The van der Waals surface area contributed by atoms with Crippen LogP contribution in [0, 0.1) is 42.4 Å². The Labute approximate surface area is 843 Å². The molecule has 6 N–H and O–H groups in total. The number of aliphatic imine (C=N–C) groups is 1. The molecule has 1 saturated carbocycles. The number of piperidine rings is 1. The molecule has 750 valence electrons. The number of carbonyl (C=O) groups is 9. The van der Waals surface area contributed by atoms with Crippen molar-refractivity contribution in [2.45, 2.75) is 307 Å². The molecule has 23 nitrogen and oxygen atoms in total. The van der Waals surface area contributed by atoms with Crippen LogP contribution in [0.25, 0.3) is 10.4 Å². The SMILES string of the molecule is C=C1CCC(N2C(=O)c3cccc(OC(C)C)c3C2=O)C(=O)N1.CC[C@@H](C)C(=O)N[C@H](C(=O)N1Cc2cc(OC(C)C)ccc2C[C@H]1C(=O)N[C@@H]1CCCc2ccccc21)C(C)(C)C.Cc1cc(C(C)(C)C)ccc1C1=N[C@@](C)(c2ccc(Cl)cc2)[C@@](C)(c2ccc(Cl)cc2)N1C(=O)N1CCN(C(C)C)CC1.Cc1ccsc1-c1ccc(CNC(=O)[C@@H]2C[C@@H](O)CC2C(=O)[C@@H](NC(C)C)C(C)(C)C)cc1. The standard InChI is InChI=1S/C36H44Cl2N4O.C34H47N3O4.C27H38N2O3S.C17H18N2O4/c1-24(2)40-19-21-41(22-20-40)33(43)42-32(31-18-13-28(23-25(31)3)34(4,5)6)39-35(7,26-9-14-29(37)15-10-26)36(42,8)27-11-16-30(38)17-12-27;1-8-22(4)31(38)36-30(34(5,6)7)33(40)37-20-25-18-26(41-21(2)3)17-16-24(25)19-29(37)32(39)35-28-15-11-13-23-12-9-10-14-27(23)28;1-16(2)29-25(27(4,5)6)23(31)21-13-20(30)14-22(21)26(32)28-15-18-7-9-19(10-8-18)24-17(3)11-12-33-24;1-9(2)23-13-6-4-5-11-14(13)17(22)19(16(11)21)12-8-7-10(3)18-15(12)20/h9-18,23-24H,19-22H2,1-8H3;9-10,12,14,16-18,21-22,28-30H,8,11,13,15,19-20H2,1-7H3,(H,35,39)(H,36,38);7-12,16,20-22,25,29-30H,13-15H2,1-6H3,(H,28,32);4-6,9,12H,3,7-8H2,1-2H3,(H,18,20)/t35-,36+;22-,28-,29+,30-;20-,21?,22+,25+;/m010./s1. The van der Waals surface area contributed by atoms with E-state index in [4.69, 9.17) is 37.7 Å². The van der Waals surface area contributed by atoms with Gasteiger partial charge < -0.3 is 51.0 Å². The van der Waals surface area contributed by atoms with Crippen LogP contribution >= 0.6 is 34.5 Å². The topological polar surface area (TPSA) is 281 Å². The van der Waals surface area contributed by atoms with E-state index in [1.807, 2.05) is 198 Å². The molecule has 7 aliphatic rings. The fourth-order valence-corrected chi connectivity index (χ4v) is 21.1. The number of nitrogens with one attached hydrogen (secondary N) is 5. The minimum absolute atomic E-state index is 0.00200. The first-order valence-electron chi connectivity index (χ1n) is 49.8. The maximum absolute atomic E-state index is 14.9. The number of aliphatic hydroxyl groups excluding tert-OH is 1. The molecule has 0 spiro atoms. The highest BCUT2D eigenvalue weighted by Crippen LogP contribution is 2.54. The first kappa shape index (κ1) is 108. The van der Waals surface area contributed by atoms with Crippen molar-refractivity contribution in [2.24, 2.45) is 33.6 Å². The smallest absolute Gasteiger partial charge is 0.326 e. The second kappa shape index (κ2) is 45.2. The zero-order valence-corrected chi connectivity index (χ0v) is 88.5. The first-order valence-corrected chi connectivity index (χ1v) is 51.4. The van der Waals surface area contributed by atoms with E-state index in [-0.39, 0.29) is 106 Å². The summed E-state index contributed by atoms with van der Waals surface area (Å²) in [6.45, 7) is 54.4. The Morgan fingerprint density at radius 3 is 1.88 bits per heavy atom. The fourth-order valence-electron chi connectivity index (χ4n) is 19.9. The molecule has 15 rings (SSSR count). The average Bonchev–Trinajstić information content (AvgIpc) is 1.53. The predicted molar refractivity (Wildman–Crippen MR) is 559 cm³/mol. The summed E-state index contributed by atoms with van der Waals surface area (Å²) in [7, 11) is 0. The van der Waals surface area contributed by atoms with Gasteiger partial charge in [-0.05, 0) is 258 Å². The lowest BCUT2D eigenvalue weighted by Crippen LogP contribution is -2.61. The third kappa shape index (κ3) is 24.7. The Kier molecular flexibility index (Phi) is 34.8. The summed E-state index contributed by atoms with van der Waals surface area (Å²) in [5.41, 5.74) is 11.7. The van der Waals surface area contributed by atoms with E-state index in [2.05, 4.69) is 154 Å². The highest BCUT2D eigenvalue weighted by Gasteiger charge is 2.61. The van der Waals surface area contributed by atoms with Gasteiger partial charge in [0.25, 0.3) is 11.8 Å². The number of nitrogens with zero attached hydrogens (tertiary/aromatic N) is 6. The number of aliphatic hydroxyl groups is 1. The number of hydrogen-bond acceptors (Lipinski definition) is 16. The van der Waals surface area contributed by atoms with Crippen molar-refractivity contribution >= 4 is 93.5 Å². The van der Waals surface area contributed by atoms with Crippen molar-refractivity contribution in [3.05, 3.63) is 258 Å². The van der Waals surface area contributed by atoms with Crippen LogP contribution in [0.2, 0.25) is 10.0 Å². The Bertz CT molecular complexity index is 5860. The van der Waals surface area contributed by atoms with Crippen molar-refractivity contribution in [3.63, 3.8) is 0 Å². The zero-order valence-electron chi connectivity index (χ0n) is 86.2. The summed E-state index contributed by atoms with van der Waals surface area (Å²) in [5, 5.41) is 29.1. The number of piperazine rings is 1. The van der Waals surface area contributed by atoms with Gasteiger partial charge in [-0.15, -0.1) is 11.3 Å². The van der Waals surface area contributed by atoms with Crippen molar-refractivity contribution in [1.29, 1.82) is 0 Å². The van der Waals surface area contributed by atoms with Crippen LogP contribution < -0.4 is 36.1 Å². The van der Waals surface area contributed by atoms with Crippen LogP contribution in [0.15, 0.2) is 180 Å². The Morgan fingerprint density at radius 2 is 1.29 bits per heavy atom. The number of urea groups is 1. The summed E-state index contributed by atoms with van der Waals surface area (Å²) in [6.07, 6.45) is 4.84. The van der Waals surface area contributed by atoms with Gasteiger partial charge >= 0.3 is 6.03 Å². The van der Waals surface area contributed by atoms with Crippen LogP contribution in [0.5, 0.6) is 11.5 Å². The molecule has 7 aromatic carbocycles. The monoisotopic (exact) mass is 1960 g/mol. The third-order valence-electron chi connectivity index (χ3n) is 28.3. The summed E-state index contributed by atoms with van der Waals surface area (Å²) in [6, 6.07) is 49.6. The van der Waals surface area contributed by atoms with Crippen molar-refractivity contribution in [3.8, 4) is 21.9 Å². The highest BCUT2D eigenvalue weighted by atomic mass is 35.5. The van der Waals surface area contributed by atoms with Gasteiger partial charge in [-0.3, -0.25) is 58.0 Å². The van der Waals surface area contributed by atoms with E-state index in [1.165, 1.54) is 27.1 Å². The molecule has 2 unspecified atom stereocenters. The number of amidine groups is 1. The van der Waals surface area contributed by atoms with Crippen molar-refractivity contribution in [1.82, 2.24) is 51.1 Å². The summed E-state index contributed by atoms with van der Waals surface area (Å²) in [5.74, 6) is -1.35. The number of ketones is 1. The van der Waals surface area contributed by atoms with Gasteiger partial charge in [-0.25, -0.2) is 4.79 Å². The Hall–Kier alpha value is -10.9. The van der Waals surface area contributed by atoms with E-state index < -0.39 is 64.4 Å². The molecular weight excluding hydrogens is 1820 g/mol. The Balaban J connectivity index is 0.000000171. The van der Waals surface area contributed by atoms with Gasteiger partial charge in [0.15, 0.2) is 5.78 Å². The molecule has 9 amide bonds. The zero-order chi connectivity index (χ0) is 102. The maximum atomic E-state index is 14.9. The second-order valence-corrected chi connectivity index (χ2v) is 45.1. The lowest BCUT2D eigenvalue weighted by Gasteiger charge is -2.47. The van der Waals surface area contributed by atoms with Crippen LogP contribution in [-0.4, -0.2) is 169 Å². The molecule has 5 aliphatic heterocycles. The quantitative estimate of drug-likeness (QED) is 0.0325. The number of imide groups is 1. The molecule has 26 heteroatoms. The summed E-state index contributed by atoms with van der Waals surface area (Å²) in [4.78, 5) is 136. The number of ether oxygens (including phenoxy) is 2. The molecule has 2 saturated heterocycles. The number of aryl methyl sites for hydroxylation is 3. The molecule has 8 aromatic rings. The van der Waals surface area contributed by atoms with Gasteiger partial charge in [0.05, 0.1) is 47.4 Å². The summed E-state index contributed by atoms with van der Waals surface area (Å²) < 4.78 is 11.6. The predicted octanol–water partition coefficient (Wildman–Crippen LogP) is 20.7. The van der Waals surface area contributed by atoms with E-state index >= 15 is 0 Å². The lowest BCUT2D eigenvalue weighted by atomic mass is 9.71. The van der Waals surface area contributed by atoms with Gasteiger partial charge in [0.1, 0.15) is 46.5 Å². The number of carbonyl (C=O) groups excluding carboxylic acids is 9. The highest BCUT2D eigenvalue weighted by molar-refractivity contribution is 7.13. The molecule has 6 heterocycles. The summed E-state index contributed by atoms with van der Waals surface area (Å²) >= 11 is 14.5. The number of Topliss-reactive ketones (excluding diaryl/α,β-unsaturated/α-hetero) is 1. The lowest BCUT2D eigenvalue weighted by molar-refractivity contribution is -0.147. The van der Waals surface area contributed by atoms with Crippen LogP contribution in [-0.2, 0) is 71.2 Å².